The van der Waals surface area contributed by atoms with Crippen LogP contribution in [0.4, 0.5) is 5.95 Å². The van der Waals surface area contributed by atoms with E-state index >= 15 is 0 Å². The first-order valence-corrected chi connectivity index (χ1v) is 6.22. The summed E-state index contributed by atoms with van der Waals surface area (Å²) >= 11 is 0. The van der Waals surface area contributed by atoms with E-state index in [1.807, 2.05) is 32.0 Å². The van der Waals surface area contributed by atoms with E-state index in [9.17, 15) is 0 Å². The Labute approximate surface area is 112 Å². The zero-order valence-corrected chi connectivity index (χ0v) is 11.1. The molecule has 0 atom stereocenters. The van der Waals surface area contributed by atoms with Gasteiger partial charge < -0.3 is 15.2 Å². The predicted octanol–water partition coefficient (Wildman–Crippen LogP) is 2.52. The molecule has 0 fully saturated rings. The first-order chi connectivity index (χ1) is 9.24. The molecule has 0 radical (unpaired) electrons. The first-order valence-electron chi connectivity index (χ1n) is 6.22. The molecular formula is C14H17N3O2. The number of hydrogen-bond acceptors (Lipinski definition) is 5. The Morgan fingerprint density at radius 3 is 2.21 bits per heavy atom. The summed E-state index contributed by atoms with van der Waals surface area (Å²) in [5, 5.41) is 0. The van der Waals surface area contributed by atoms with Crippen molar-refractivity contribution in [2.75, 3.05) is 18.9 Å². The fraction of sp³-hybridized carbons (Fsp3) is 0.286. The second kappa shape index (κ2) is 6.04. The third kappa shape index (κ3) is 3.13. The highest BCUT2D eigenvalue weighted by Crippen LogP contribution is 2.32. The highest BCUT2D eigenvalue weighted by Gasteiger charge is 2.08. The van der Waals surface area contributed by atoms with Crippen LogP contribution in [-0.2, 0) is 0 Å². The van der Waals surface area contributed by atoms with Crippen LogP contribution in [0.2, 0.25) is 0 Å². The second-order valence-corrected chi connectivity index (χ2v) is 3.86. The minimum absolute atomic E-state index is 0.264. The molecule has 0 bridgehead atoms. The van der Waals surface area contributed by atoms with Gasteiger partial charge in [0.05, 0.1) is 13.2 Å². The van der Waals surface area contributed by atoms with Crippen LogP contribution in [-0.4, -0.2) is 23.2 Å². The van der Waals surface area contributed by atoms with E-state index in [4.69, 9.17) is 15.2 Å². The van der Waals surface area contributed by atoms with Crippen LogP contribution >= 0.6 is 0 Å². The van der Waals surface area contributed by atoms with Gasteiger partial charge in [-0.25, -0.2) is 9.97 Å². The number of nitrogen functional groups attached to an aromatic ring is 1. The number of benzene rings is 1. The molecule has 2 N–H and O–H groups in total. The van der Waals surface area contributed by atoms with Crippen molar-refractivity contribution < 1.29 is 9.47 Å². The summed E-state index contributed by atoms with van der Waals surface area (Å²) in [5.74, 6) is 1.72. The molecule has 0 spiro atoms. The fourth-order valence-corrected chi connectivity index (χ4v) is 1.72. The number of ether oxygens (including phenoxy) is 2. The molecule has 1 aromatic heterocycles. The number of anilines is 1. The van der Waals surface area contributed by atoms with E-state index in [1.54, 1.807) is 12.4 Å². The van der Waals surface area contributed by atoms with Crippen molar-refractivity contribution in [2.24, 2.45) is 0 Å². The normalized spacial score (nSPS) is 10.2. The van der Waals surface area contributed by atoms with Gasteiger partial charge in [-0.15, -0.1) is 0 Å². The van der Waals surface area contributed by atoms with Gasteiger partial charge in [0, 0.05) is 18.0 Å². The van der Waals surface area contributed by atoms with E-state index in [-0.39, 0.29) is 5.95 Å². The molecule has 0 aliphatic carbocycles. The maximum absolute atomic E-state index is 5.58. The fourth-order valence-electron chi connectivity index (χ4n) is 1.72. The number of rotatable bonds is 5. The summed E-state index contributed by atoms with van der Waals surface area (Å²) in [6, 6.07) is 5.76. The lowest BCUT2D eigenvalue weighted by molar-refractivity contribution is 0.288. The average Bonchev–Trinajstić information content (AvgIpc) is 2.42. The summed E-state index contributed by atoms with van der Waals surface area (Å²) < 4.78 is 11.1. The Bertz CT molecular complexity index is 541. The van der Waals surface area contributed by atoms with E-state index in [0.29, 0.717) is 13.2 Å². The lowest BCUT2D eigenvalue weighted by Crippen LogP contribution is -1.99. The molecule has 5 heteroatoms. The van der Waals surface area contributed by atoms with Crippen LogP contribution < -0.4 is 15.2 Å². The van der Waals surface area contributed by atoms with Crippen molar-refractivity contribution >= 4 is 5.95 Å². The van der Waals surface area contributed by atoms with Crippen molar-refractivity contribution in [3.8, 4) is 22.6 Å². The SMILES string of the molecule is CCOc1ccc(-c2cnc(N)nc2)cc1OCC. The Kier molecular flexibility index (Phi) is 4.18. The third-order valence-corrected chi connectivity index (χ3v) is 2.55. The standard InChI is InChI=1S/C14H17N3O2/c1-3-18-12-6-5-10(7-13(12)19-4-2)11-8-16-14(15)17-9-11/h5-9H,3-4H2,1-2H3,(H2,15,16,17). The summed E-state index contributed by atoms with van der Waals surface area (Å²) in [6.45, 7) is 5.07. The van der Waals surface area contributed by atoms with Gasteiger partial charge >= 0.3 is 0 Å². The zero-order valence-electron chi connectivity index (χ0n) is 11.1. The summed E-state index contributed by atoms with van der Waals surface area (Å²) in [5.41, 5.74) is 7.33. The number of nitrogens with two attached hydrogens (primary N) is 1. The van der Waals surface area contributed by atoms with Crippen molar-refractivity contribution in [1.82, 2.24) is 9.97 Å². The Morgan fingerprint density at radius 1 is 0.947 bits per heavy atom. The molecule has 1 aromatic carbocycles. The molecule has 0 aliphatic rings. The van der Waals surface area contributed by atoms with Crippen LogP contribution in [0, 0.1) is 0 Å². The minimum atomic E-state index is 0.264. The number of aromatic nitrogens is 2. The molecule has 100 valence electrons. The molecule has 0 saturated carbocycles. The van der Waals surface area contributed by atoms with Crippen molar-refractivity contribution in [1.29, 1.82) is 0 Å². The first kappa shape index (κ1) is 13.1. The number of hydrogen-bond donors (Lipinski definition) is 1. The van der Waals surface area contributed by atoms with Crippen molar-refractivity contribution in [3.05, 3.63) is 30.6 Å². The molecule has 5 nitrogen and oxygen atoms in total. The topological polar surface area (TPSA) is 70.3 Å². The quantitative estimate of drug-likeness (QED) is 0.893. The smallest absolute Gasteiger partial charge is 0.219 e. The summed E-state index contributed by atoms with van der Waals surface area (Å²) in [7, 11) is 0. The van der Waals surface area contributed by atoms with Gasteiger partial charge in [0.2, 0.25) is 5.95 Å². The maximum Gasteiger partial charge on any atom is 0.219 e. The van der Waals surface area contributed by atoms with Crippen LogP contribution in [0.15, 0.2) is 30.6 Å². The third-order valence-electron chi connectivity index (χ3n) is 2.55. The van der Waals surface area contributed by atoms with Gasteiger partial charge in [-0.05, 0) is 31.5 Å². The van der Waals surface area contributed by atoms with Gasteiger partial charge in [0.1, 0.15) is 0 Å². The van der Waals surface area contributed by atoms with Gasteiger partial charge in [-0.3, -0.25) is 0 Å². The number of nitrogens with zero attached hydrogens (tertiary/aromatic N) is 2. The maximum atomic E-state index is 5.58. The van der Waals surface area contributed by atoms with Crippen LogP contribution in [0.1, 0.15) is 13.8 Å². The molecule has 2 rings (SSSR count). The Balaban J connectivity index is 2.36. The average molecular weight is 259 g/mol. The molecular weight excluding hydrogens is 242 g/mol. The highest BCUT2D eigenvalue weighted by atomic mass is 16.5. The van der Waals surface area contributed by atoms with E-state index in [1.165, 1.54) is 0 Å². The zero-order chi connectivity index (χ0) is 13.7. The molecule has 0 unspecified atom stereocenters. The van der Waals surface area contributed by atoms with Crippen LogP contribution in [0.5, 0.6) is 11.5 Å². The molecule has 0 amide bonds. The summed E-state index contributed by atoms with van der Waals surface area (Å²) in [6.07, 6.45) is 3.38. The second-order valence-electron chi connectivity index (χ2n) is 3.86. The monoisotopic (exact) mass is 259 g/mol. The largest absolute Gasteiger partial charge is 0.490 e. The lowest BCUT2D eigenvalue weighted by Gasteiger charge is -2.12. The lowest BCUT2D eigenvalue weighted by atomic mass is 10.1. The molecule has 19 heavy (non-hydrogen) atoms. The van der Waals surface area contributed by atoms with Crippen LogP contribution in [0.3, 0.4) is 0 Å². The van der Waals surface area contributed by atoms with Gasteiger partial charge in [-0.1, -0.05) is 6.07 Å². The van der Waals surface area contributed by atoms with Gasteiger partial charge in [0.15, 0.2) is 11.5 Å². The minimum Gasteiger partial charge on any atom is -0.490 e. The Hall–Kier alpha value is -2.30. The van der Waals surface area contributed by atoms with E-state index in [0.717, 1.165) is 22.6 Å². The van der Waals surface area contributed by atoms with E-state index < -0.39 is 0 Å². The molecule has 2 aromatic rings. The molecule has 1 heterocycles. The predicted molar refractivity (Wildman–Crippen MR) is 74.2 cm³/mol. The highest BCUT2D eigenvalue weighted by molar-refractivity contribution is 5.66. The van der Waals surface area contributed by atoms with Gasteiger partial charge in [-0.2, -0.15) is 0 Å². The van der Waals surface area contributed by atoms with E-state index in [2.05, 4.69) is 9.97 Å². The van der Waals surface area contributed by atoms with Crippen molar-refractivity contribution in [3.63, 3.8) is 0 Å². The van der Waals surface area contributed by atoms with Crippen molar-refractivity contribution in [2.45, 2.75) is 13.8 Å². The molecule has 0 saturated heterocycles. The Morgan fingerprint density at radius 2 is 1.58 bits per heavy atom. The van der Waals surface area contributed by atoms with Crippen LogP contribution in [0.25, 0.3) is 11.1 Å². The van der Waals surface area contributed by atoms with Gasteiger partial charge in [0.25, 0.3) is 0 Å². The summed E-state index contributed by atoms with van der Waals surface area (Å²) in [4.78, 5) is 7.97. The molecule has 0 aliphatic heterocycles.